The van der Waals surface area contributed by atoms with Crippen LogP contribution in [0, 0.1) is 6.92 Å². The average molecular weight is 277 g/mol. The van der Waals surface area contributed by atoms with Crippen LogP contribution in [0.5, 0.6) is 11.5 Å². The molecule has 0 saturated carbocycles. The normalized spacial score (nSPS) is 10.2. The largest absolute Gasteiger partial charge is 0.497 e. The first-order valence-corrected chi connectivity index (χ1v) is 5.93. The molecule has 1 amide bonds. The Morgan fingerprint density at radius 2 is 2.15 bits per heavy atom. The van der Waals surface area contributed by atoms with E-state index in [1.165, 1.54) is 7.11 Å². The zero-order chi connectivity index (χ0) is 14.5. The minimum Gasteiger partial charge on any atom is -0.497 e. The quantitative estimate of drug-likeness (QED) is 0.887. The molecule has 0 fully saturated rings. The first kappa shape index (κ1) is 13.9. The Balaban J connectivity index is 2.08. The lowest BCUT2D eigenvalue weighted by molar-refractivity contribution is 0.0943. The van der Waals surface area contributed by atoms with Crippen molar-refractivity contribution in [2.24, 2.45) is 0 Å². The van der Waals surface area contributed by atoms with Crippen molar-refractivity contribution in [2.75, 3.05) is 14.2 Å². The minimum absolute atomic E-state index is 0.162. The molecule has 0 radical (unpaired) electrons. The van der Waals surface area contributed by atoms with Gasteiger partial charge in [0.05, 0.1) is 26.3 Å². The molecule has 0 aliphatic heterocycles. The third-order valence-electron chi connectivity index (χ3n) is 2.62. The monoisotopic (exact) mass is 277 g/mol. The van der Waals surface area contributed by atoms with E-state index in [4.69, 9.17) is 14.0 Å². The van der Waals surface area contributed by atoms with E-state index >= 15 is 0 Å². The Morgan fingerprint density at radius 3 is 2.75 bits per heavy atom. The number of carbonyl (C=O) groups is 1. The number of aromatic nitrogens is 2. The number of benzene rings is 1. The third kappa shape index (κ3) is 3.05. The molecule has 1 aromatic carbocycles. The van der Waals surface area contributed by atoms with Crippen LogP contribution in [0.2, 0.25) is 0 Å². The topological polar surface area (TPSA) is 86.5 Å². The Morgan fingerprint density at radius 1 is 1.35 bits per heavy atom. The van der Waals surface area contributed by atoms with E-state index in [1.54, 1.807) is 32.2 Å². The molecule has 0 aliphatic carbocycles. The first-order valence-electron chi connectivity index (χ1n) is 5.93. The molecule has 0 aliphatic rings. The van der Waals surface area contributed by atoms with Gasteiger partial charge in [0.2, 0.25) is 5.89 Å². The van der Waals surface area contributed by atoms with Gasteiger partial charge in [0.25, 0.3) is 5.91 Å². The summed E-state index contributed by atoms with van der Waals surface area (Å²) in [6, 6.07) is 4.96. The molecule has 0 atom stereocenters. The number of hydrogen-bond acceptors (Lipinski definition) is 6. The molecule has 20 heavy (non-hydrogen) atoms. The maximum atomic E-state index is 12.1. The number of hydrogen-bond donors (Lipinski definition) is 1. The smallest absolute Gasteiger partial charge is 0.255 e. The molecule has 2 rings (SSSR count). The van der Waals surface area contributed by atoms with Crippen LogP contribution in [0.25, 0.3) is 0 Å². The Labute approximate surface area is 115 Å². The molecule has 1 N–H and O–H groups in total. The van der Waals surface area contributed by atoms with Crippen LogP contribution in [-0.2, 0) is 6.54 Å². The number of rotatable bonds is 5. The van der Waals surface area contributed by atoms with E-state index in [9.17, 15) is 4.79 Å². The summed E-state index contributed by atoms with van der Waals surface area (Å²) in [5.74, 6) is 1.63. The summed E-state index contributed by atoms with van der Waals surface area (Å²) in [6.07, 6.45) is 0. The van der Waals surface area contributed by atoms with Crippen molar-refractivity contribution in [1.29, 1.82) is 0 Å². The molecular formula is C13H15N3O4. The maximum Gasteiger partial charge on any atom is 0.255 e. The van der Waals surface area contributed by atoms with Crippen LogP contribution in [0.3, 0.4) is 0 Å². The van der Waals surface area contributed by atoms with Crippen molar-refractivity contribution in [1.82, 2.24) is 15.5 Å². The van der Waals surface area contributed by atoms with Gasteiger partial charge in [0.15, 0.2) is 5.82 Å². The van der Waals surface area contributed by atoms with Gasteiger partial charge in [-0.25, -0.2) is 0 Å². The molecule has 7 heteroatoms. The molecule has 1 aromatic heterocycles. The molecule has 0 saturated heterocycles. The summed E-state index contributed by atoms with van der Waals surface area (Å²) in [5.41, 5.74) is 0.407. The van der Waals surface area contributed by atoms with Crippen LogP contribution in [0.1, 0.15) is 22.1 Å². The van der Waals surface area contributed by atoms with Crippen LogP contribution in [0.15, 0.2) is 22.7 Å². The van der Waals surface area contributed by atoms with Crippen LogP contribution in [0.4, 0.5) is 0 Å². The maximum absolute atomic E-state index is 12.1. The van der Waals surface area contributed by atoms with E-state index in [2.05, 4.69) is 15.5 Å². The van der Waals surface area contributed by atoms with E-state index < -0.39 is 0 Å². The van der Waals surface area contributed by atoms with Crippen molar-refractivity contribution in [3.8, 4) is 11.5 Å². The van der Waals surface area contributed by atoms with Gasteiger partial charge in [-0.1, -0.05) is 5.16 Å². The Hall–Kier alpha value is -2.57. The predicted octanol–water partition coefficient (Wildman–Crippen LogP) is 1.33. The summed E-state index contributed by atoms with van der Waals surface area (Å²) in [6.45, 7) is 1.87. The molecule has 106 valence electrons. The van der Waals surface area contributed by atoms with Crippen molar-refractivity contribution < 1.29 is 18.8 Å². The number of nitrogens with zero attached hydrogens (tertiary/aromatic N) is 2. The second-order valence-corrected chi connectivity index (χ2v) is 3.98. The van der Waals surface area contributed by atoms with E-state index in [0.29, 0.717) is 28.8 Å². The number of aryl methyl sites for hydroxylation is 1. The number of carbonyl (C=O) groups excluding carboxylic acids is 1. The number of methoxy groups -OCH3 is 2. The van der Waals surface area contributed by atoms with Crippen molar-refractivity contribution in [2.45, 2.75) is 13.5 Å². The van der Waals surface area contributed by atoms with E-state index in [-0.39, 0.29) is 12.5 Å². The summed E-state index contributed by atoms with van der Waals surface area (Å²) in [5, 5.41) is 6.33. The lowest BCUT2D eigenvalue weighted by Gasteiger charge is -2.09. The van der Waals surface area contributed by atoms with Gasteiger partial charge in [0.1, 0.15) is 11.5 Å². The number of ether oxygens (including phenoxy) is 2. The fourth-order valence-corrected chi connectivity index (χ4v) is 1.65. The Bertz CT molecular complexity index is 609. The van der Waals surface area contributed by atoms with Gasteiger partial charge in [0, 0.05) is 6.07 Å². The van der Waals surface area contributed by atoms with Crippen LogP contribution < -0.4 is 14.8 Å². The molecule has 0 spiro atoms. The second kappa shape index (κ2) is 6.05. The van der Waals surface area contributed by atoms with Crippen LogP contribution in [-0.4, -0.2) is 30.3 Å². The summed E-state index contributed by atoms with van der Waals surface area (Å²) in [4.78, 5) is 16.1. The van der Waals surface area contributed by atoms with Crippen molar-refractivity contribution >= 4 is 5.91 Å². The lowest BCUT2D eigenvalue weighted by Crippen LogP contribution is -2.23. The molecule has 1 heterocycles. The lowest BCUT2D eigenvalue weighted by atomic mass is 10.1. The predicted molar refractivity (Wildman–Crippen MR) is 69.8 cm³/mol. The highest BCUT2D eigenvalue weighted by atomic mass is 16.5. The van der Waals surface area contributed by atoms with Crippen molar-refractivity contribution in [3.05, 3.63) is 35.5 Å². The van der Waals surface area contributed by atoms with Gasteiger partial charge in [-0.2, -0.15) is 4.98 Å². The molecule has 0 bridgehead atoms. The third-order valence-corrected chi connectivity index (χ3v) is 2.62. The first-order chi connectivity index (χ1) is 9.63. The highest BCUT2D eigenvalue weighted by molar-refractivity contribution is 5.97. The fraction of sp³-hybridized carbons (Fsp3) is 0.308. The highest BCUT2D eigenvalue weighted by Gasteiger charge is 2.14. The molecule has 7 nitrogen and oxygen atoms in total. The van der Waals surface area contributed by atoms with E-state index in [0.717, 1.165) is 0 Å². The average Bonchev–Trinajstić information content (AvgIpc) is 2.89. The SMILES string of the molecule is COc1ccc(C(=O)NCc2nc(C)no2)c(OC)c1. The molecular weight excluding hydrogens is 262 g/mol. The number of amides is 1. The fourth-order valence-electron chi connectivity index (χ4n) is 1.65. The van der Waals surface area contributed by atoms with Crippen LogP contribution >= 0.6 is 0 Å². The molecule has 0 unspecified atom stereocenters. The van der Waals surface area contributed by atoms with Gasteiger partial charge in [-0.05, 0) is 19.1 Å². The standard InChI is InChI=1S/C13H15N3O4/c1-8-15-12(20-16-8)7-14-13(17)10-5-4-9(18-2)6-11(10)19-3/h4-6H,7H2,1-3H3,(H,14,17). The van der Waals surface area contributed by atoms with Gasteiger partial charge in [-0.15, -0.1) is 0 Å². The zero-order valence-electron chi connectivity index (χ0n) is 11.5. The zero-order valence-corrected chi connectivity index (χ0v) is 11.5. The number of nitrogens with one attached hydrogen (secondary N) is 1. The Kier molecular flexibility index (Phi) is 4.19. The summed E-state index contributed by atoms with van der Waals surface area (Å²) >= 11 is 0. The highest BCUT2D eigenvalue weighted by Crippen LogP contribution is 2.24. The minimum atomic E-state index is -0.291. The summed E-state index contributed by atoms with van der Waals surface area (Å²) in [7, 11) is 3.04. The van der Waals surface area contributed by atoms with Gasteiger partial charge >= 0.3 is 0 Å². The second-order valence-electron chi connectivity index (χ2n) is 3.98. The van der Waals surface area contributed by atoms with E-state index in [1.807, 2.05) is 0 Å². The van der Waals surface area contributed by atoms with Gasteiger partial charge < -0.3 is 19.3 Å². The summed E-state index contributed by atoms with van der Waals surface area (Å²) < 4.78 is 15.2. The van der Waals surface area contributed by atoms with Crippen molar-refractivity contribution in [3.63, 3.8) is 0 Å². The molecule has 2 aromatic rings. The van der Waals surface area contributed by atoms with Gasteiger partial charge in [-0.3, -0.25) is 4.79 Å².